The molecule has 0 amide bonds. The molecule has 0 radical (unpaired) electrons. The predicted octanol–water partition coefficient (Wildman–Crippen LogP) is 5.28. The summed E-state index contributed by atoms with van der Waals surface area (Å²) in [5.41, 5.74) is 11.3. The second kappa shape index (κ2) is 11.2. The molecule has 0 saturated carbocycles. The van der Waals surface area contributed by atoms with Crippen LogP contribution in [0.3, 0.4) is 0 Å². The van der Waals surface area contributed by atoms with E-state index in [0.29, 0.717) is 11.5 Å². The molecule has 9 heteroatoms. The van der Waals surface area contributed by atoms with E-state index in [2.05, 4.69) is 33.3 Å². The highest BCUT2D eigenvalue weighted by Crippen LogP contribution is 2.31. The predicted molar refractivity (Wildman–Crippen MR) is 134 cm³/mol. The minimum atomic E-state index is -0.877. The fraction of sp³-hybridized carbons (Fsp3) is 0.280. The Labute approximate surface area is 209 Å². The van der Waals surface area contributed by atoms with Gasteiger partial charge in [0.1, 0.15) is 0 Å². The standard InChI is InChI=1S/C25H25F2N5.2ClH/c26-22-8-7-20(14-23(22)27)25(28)19-5-3-17(4-6-19)16-31-12-9-18(10-13-31)21-15-30-32-24(21)2-1-11-29-32;;/h1-8,11,14-15,18,25H,9-10,12-13,16,28H2;2*1H. The number of benzene rings is 2. The van der Waals surface area contributed by atoms with Crippen molar-refractivity contribution in [3.05, 3.63) is 101 Å². The highest BCUT2D eigenvalue weighted by molar-refractivity contribution is 5.85. The minimum Gasteiger partial charge on any atom is -0.320 e. The Bertz CT molecular complexity index is 1220. The van der Waals surface area contributed by atoms with Gasteiger partial charge in [-0.15, -0.1) is 24.8 Å². The monoisotopic (exact) mass is 505 g/mol. The lowest BCUT2D eigenvalue weighted by Crippen LogP contribution is -2.32. The van der Waals surface area contributed by atoms with Gasteiger partial charge >= 0.3 is 0 Å². The lowest BCUT2D eigenvalue weighted by Gasteiger charge is -2.31. The maximum atomic E-state index is 13.5. The summed E-state index contributed by atoms with van der Waals surface area (Å²) in [6.07, 6.45) is 5.89. The van der Waals surface area contributed by atoms with Gasteiger partial charge in [-0.1, -0.05) is 30.3 Å². The average molecular weight is 506 g/mol. The van der Waals surface area contributed by atoms with E-state index in [9.17, 15) is 8.78 Å². The van der Waals surface area contributed by atoms with Gasteiger partial charge in [0.05, 0.1) is 17.8 Å². The molecule has 2 aromatic heterocycles. The maximum absolute atomic E-state index is 13.5. The molecule has 0 spiro atoms. The van der Waals surface area contributed by atoms with E-state index in [1.807, 2.05) is 24.4 Å². The van der Waals surface area contributed by atoms with Gasteiger partial charge in [-0.3, -0.25) is 4.90 Å². The Morgan fingerprint density at radius 2 is 1.62 bits per heavy atom. The minimum absolute atomic E-state index is 0. The Hall–Kier alpha value is -2.58. The zero-order valence-corrected chi connectivity index (χ0v) is 20.1. The van der Waals surface area contributed by atoms with Crippen LogP contribution in [0.4, 0.5) is 8.78 Å². The molecule has 1 aliphatic rings. The second-order valence-corrected chi connectivity index (χ2v) is 8.44. The largest absolute Gasteiger partial charge is 0.320 e. The van der Waals surface area contributed by atoms with Crippen LogP contribution in [-0.2, 0) is 6.54 Å². The van der Waals surface area contributed by atoms with Gasteiger partial charge in [-0.25, -0.2) is 8.78 Å². The molecule has 1 aliphatic heterocycles. The normalized spacial score (nSPS) is 15.5. The summed E-state index contributed by atoms with van der Waals surface area (Å²) in [5, 5.41) is 8.64. The number of hydrogen-bond donors (Lipinski definition) is 1. The van der Waals surface area contributed by atoms with Crippen molar-refractivity contribution < 1.29 is 8.78 Å². The summed E-state index contributed by atoms with van der Waals surface area (Å²) in [6.45, 7) is 2.93. The fourth-order valence-electron chi connectivity index (χ4n) is 4.55. The molecule has 3 heterocycles. The van der Waals surface area contributed by atoms with Crippen molar-refractivity contribution in [2.45, 2.75) is 31.3 Å². The van der Waals surface area contributed by atoms with Crippen molar-refractivity contribution >= 4 is 30.3 Å². The van der Waals surface area contributed by atoms with E-state index >= 15 is 0 Å². The molecular formula is C25H27Cl2F2N5. The van der Waals surface area contributed by atoms with Crippen LogP contribution in [0.25, 0.3) is 5.52 Å². The van der Waals surface area contributed by atoms with Crippen LogP contribution >= 0.6 is 24.8 Å². The average Bonchev–Trinajstić information content (AvgIpc) is 3.26. The molecule has 180 valence electrons. The van der Waals surface area contributed by atoms with Crippen molar-refractivity contribution in [1.29, 1.82) is 0 Å². The molecule has 0 bridgehead atoms. The molecule has 0 aliphatic carbocycles. The van der Waals surface area contributed by atoms with Crippen molar-refractivity contribution in [1.82, 2.24) is 19.7 Å². The molecule has 4 aromatic rings. The number of fused-ring (bicyclic) bond motifs is 1. The smallest absolute Gasteiger partial charge is 0.159 e. The number of nitrogens with zero attached hydrogens (tertiary/aromatic N) is 4. The third-order valence-electron chi connectivity index (χ3n) is 6.41. The Balaban J connectivity index is 0.00000162. The number of hydrogen-bond acceptors (Lipinski definition) is 4. The van der Waals surface area contributed by atoms with E-state index in [1.54, 1.807) is 10.8 Å². The highest BCUT2D eigenvalue weighted by atomic mass is 35.5. The van der Waals surface area contributed by atoms with Gasteiger partial charge in [-0.2, -0.15) is 14.8 Å². The van der Waals surface area contributed by atoms with Crippen LogP contribution in [0.2, 0.25) is 0 Å². The number of piperidine rings is 1. The Kier molecular flexibility index (Phi) is 8.60. The Morgan fingerprint density at radius 1 is 0.912 bits per heavy atom. The van der Waals surface area contributed by atoms with Gasteiger partial charge < -0.3 is 5.73 Å². The molecule has 1 atom stereocenters. The number of aromatic nitrogens is 3. The summed E-state index contributed by atoms with van der Waals surface area (Å²) in [4.78, 5) is 2.46. The highest BCUT2D eigenvalue weighted by Gasteiger charge is 2.23. The van der Waals surface area contributed by atoms with Crippen LogP contribution in [0, 0.1) is 11.6 Å². The maximum Gasteiger partial charge on any atom is 0.159 e. The van der Waals surface area contributed by atoms with Gasteiger partial charge in [0.15, 0.2) is 11.6 Å². The summed E-state index contributed by atoms with van der Waals surface area (Å²) >= 11 is 0. The van der Waals surface area contributed by atoms with Gasteiger partial charge in [0.25, 0.3) is 0 Å². The summed E-state index contributed by atoms with van der Waals surface area (Å²) < 4.78 is 28.4. The zero-order valence-electron chi connectivity index (χ0n) is 18.5. The van der Waals surface area contributed by atoms with Gasteiger partial charge in [-0.05, 0) is 72.8 Å². The van der Waals surface area contributed by atoms with E-state index in [0.717, 1.165) is 55.7 Å². The first kappa shape index (κ1) is 26.0. The molecule has 5 rings (SSSR count). The SMILES string of the molecule is Cl.Cl.NC(c1ccc(CN2CCC(c3cnn4ncccc34)CC2)cc1)c1ccc(F)c(F)c1. The van der Waals surface area contributed by atoms with Crippen LogP contribution in [0.5, 0.6) is 0 Å². The molecule has 2 aromatic carbocycles. The van der Waals surface area contributed by atoms with Crippen molar-refractivity contribution in [2.75, 3.05) is 13.1 Å². The first-order valence-electron chi connectivity index (χ1n) is 10.9. The lowest BCUT2D eigenvalue weighted by atomic mass is 9.90. The fourth-order valence-corrected chi connectivity index (χ4v) is 4.55. The van der Waals surface area contributed by atoms with E-state index in [1.165, 1.54) is 17.2 Å². The molecular weight excluding hydrogens is 479 g/mol. The number of rotatable bonds is 5. The van der Waals surface area contributed by atoms with Crippen molar-refractivity contribution in [3.8, 4) is 0 Å². The molecule has 1 unspecified atom stereocenters. The van der Waals surface area contributed by atoms with Crippen molar-refractivity contribution in [2.24, 2.45) is 5.73 Å². The second-order valence-electron chi connectivity index (χ2n) is 8.44. The first-order chi connectivity index (χ1) is 15.6. The Morgan fingerprint density at radius 3 is 2.32 bits per heavy atom. The summed E-state index contributed by atoms with van der Waals surface area (Å²) in [5.74, 6) is -1.24. The van der Waals surface area contributed by atoms with E-state index in [-0.39, 0.29) is 24.8 Å². The van der Waals surface area contributed by atoms with Crippen LogP contribution in [0.15, 0.2) is 67.0 Å². The molecule has 34 heavy (non-hydrogen) atoms. The molecule has 2 N–H and O–H groups in total. The summed E-state index contributed by atoms with van der Waals surface area (Å²) in [6, 6.07) is 15.4. The van der Waals surface area contributed by atoms with Gasteiger partial charge in [0.2, 0.25) is 0 Å². The number of likely N-dealkylation sites (tertiary alicyclic amines) is 1. The lowest BCUT2D eigenvalue weighted by molar-refractivity contribution is 0.205. The molecule has 1 fully saturated rings. The van der Waals surface area contributed by atoms with Crippen molar-refractivity contribution in [3.63, 3.8) is 0 Å². The van der Waals surface area contributed by atoms with Crippen LogP contribution in [0.1, 0.15) is 47.1 Å². The number of nitrogens with two attached hydrogens (primary N) is 1. The van der Waals surface area contributed by atoms with Crippen LogP contribution in [-0.4, -0.2) is 32.8 Å². The third kappa shape index (κ3) is 5.39. The first-order valence-corrected chi connectivity index (χ1v) is 10.9. The van der Waals surface area contributed by atoms with E-state index < -0.39 is 17.7 Å². The third-order valence-corrected chi connectivity index (χ3v) is 6.41. The molecule has 1 saturated heterocycles. The quantitative estimate of drug-likeness (QED) is 0.400. The van der Waals surface area contributed by atoms with Crippen LogP contribution < -0.4 is 5.73 Å². The van der Waals surface area contributed by atoms with Gasteiger partial charge in [0, 0.05) is 18.3 Å². The van der Waals surface area contributed by atoms with E-state index in [4.69, 9.17) is 5.73 Å². The molecule has 5 nitrogen and oxygen atoms in total. The number of halogens is 4. The zero-order chi connectivity index (χ0) is 22.1. The topological polar surface area (TPSA) is 59.5 Å². The summed E-state index contributed by atoms with van der Waals surface area (Å²) in [7, 11) is 0.